The van der Waals surface area contributed by atoms with E-state index in [4.69, 9.17) is 0 Å². The average molecular weight is 313 g/mol. The van der Waals surface area contributed by atoms with E-state index < -0.39 is 10.0 Å². The number of carbonyl (C=O) groups excluding carboxylic acids is 1. The van der Waals surface area contributed by atoms with Crippen LogP contribution in [0.4, 0.5) is 11.4 Å². The number of nitrogens with one attached hydrogen (secondary N) is 3. The van der Waals surface area contributed by atoms with Crippen LogP contribution in [0.15, 0.2) is 24.3 Å². The van der Waals surface area contributed by atoms with Gasteiger partial charge in [-0.25, -0.2) is 8.42 Å². The third kappa shape index (κ3) is 6.99. The molecule has 1 rings (SSSR count). The lowest BCUT2D eigenvalue weighted by Crippen LogP contribution is -2.39. The fourth-order valence-corrected chi connectivity index (χ4v) is 2.19. The molecule has 0 fully saturated rings. The van der Waals surface area contributed by atoms with Gasteiger partial charge in [0.2, 0.25) is 15.9 Å². The van der Waals surface area contributed by atoms with Crippen molar-refractivity contribution in [3.63, 3.8) is 0 Å². The number of hydrogen-bond donors (Lipinski definition) is 3. The second-order valence-electron chi connectivity index (χ2n) is 5.46. The summed E-state index contributed by atoms with van der Waals surface area (Å²) in [4.78, 5) is 11.8. The molecule has 0 aliphatic heterocycles. The van der Waals surface area contributed by atoms with Crippen LogP contribution in [-0.4, -0.2) is 33.2 Å². The van der Waals surface area contributed by atoms with Crippen LogP contribution < -0.4 is 15.4 Å². The lowest BCUT2D eigenvalue weighted by molar-refractivity contribution is -0.121. The Labute approximate surface area is 126 Å². The Morgan fingerprint density at radius 2 is 1.62 bits per heavy atom. The fraction of sp³-hybridized carbons (Fsp3) is 0.500. The zero-order valence-electron chi connectivity index (χ0n) is 12.8. The molecule has 0 heterocycles. The van der Waals surface area contributed by atoms with Crippen LogP contribution in [0.1, 0.15) is 20.8 Å². The van der Waals surface area contributed by atoms with Crippen LogP contribution in [0.3, 0.4) is 0 Å². The summed E-state index contributed by atoms with van der Waals surface area (Å²) >= 11 is 0. The number of amides is 1. The van der Waals surface area contributed by atoms with Crippen LogP contribution in [0.5, 0.6) is 0 Å². The standard InChI is InChI=1S/C14H23N3O3S/c1-10(2)9-15-14(18)11(3)16-12-5-7-13(8-6-12)17-21(4,19)20/h5-8,10-11,16-17H,9H2,1-4H3,(H,15,18). The Hall–Kier alpha value is -1.76. The van der Waals surface area contributed by atoms with E-state index in [9.17, 15) is 13.2 Å². The van der Waals surface area contributed by atoms with E-state index in [0.29, 0.717) is 18.2 Å². The monoisotopic (exact) mass is 313 g/mol. The lowest BCUT2D eigenvalue weighted by atomic mass is 10.2. The molecule has 0 spiro atoms. The van der Waals surface area contributed by atoms with Crippen molar-refractivity contribution in [2.75, 3.05) is 22.8 Å². The van der Waals surface area contributed by atoms with Gasteiger partial charge in [-0.3, -0.25) is 9.52 Å². The Bertz CT molecular complexity index is 568. The first-order valence-corrected chi connectivity index (χ1v) is 8.68. The minimum absolute atomic E-state index is 0.0676. The first kappa shape index (κ1) is 17.3. The van der Waals surface area contributed by atoms with E-state index in [1.807, 2.05) is 13.8 Å². The van der Waals surface area contributed by atoms with Crippen LogP contribution in [-0.2, 0) is 14.8 Å². The van der Waals surface area contributed by atoms with Crippen molar-refractivity contribution in [1.82, 2.24) is 5.32 Å². The molecule has 1 aromatic carbocycles. The highest BCUT2D eigenvalue weighted by molar-refractivity contribution is 7.92. The summed E-state index contributed by atoms with van der Waals surface area (Å²) in [5, 5.41) is 5.92. The maximum absolute atomic E-state index is 11.8. The highest BCUT2D eigenvalue weighted by Crippen LogP contribution is 2.15. The highest BCUT2D eigenvalue weighted by atomic mass is 32.2. The van der Waals surface area contributed by atoms with Crippen LogP contribution in [0.2, 0.25) is 0 Å². The topological polar surface area (TPSA) is 87.3 Å². The fourth-order valence-electron chi connectivity index (χ4n) is 1.62. The van der Waals surface area contributed by atoms with E-state index in [1.54, 1.807) is 31.2 Å². The van der Waals surface area contributed by atoms with Gasteiger partial charge < -0.3 is 10.6 Å². The molecule has 0 aliphatic carbocycles. The van der Waals surface area contributed by atoms with E-state index in [2.05, 4.69) is 15.4 Å². The van der Waals surface area contributed by atoms with Crippen molar-refractivity contribution in [2.24, 2.45) is 5.92 Å². The Morgan fingerprint density at radius 1 is 1.10 bits per heavy atom. The van der Waals surface area contributed by atoms with E-state index >= 15 is 0 Å². The number of anilines is 2. The van der Waals surface area contributed by atoms with Gasteiger partial charge >= 0.3 is 0 Å². The maximum Gasteiger partial charge on any atom is 0.242 e. The highest BCUT2D eigenvalue weighted by Gasteiger charge is 2.12. The molecule has 1 unspecified atom stereocenters. The van der Waals surface area contributed by atoms with Crippen molar-refractivity contribution >= 4 is 27.3 Å². The van der Waals surface area contributed by atoms with E-state index in [0.717, 1.165) is 11.9 Å². The summed E-state index contributed by atoms with van der Waals surface area (Å²) in [6.45, 7) is 6.48. The molecular formula is C14H23N3O3S. The summed E-state index contributed by atoms with van der Waals surface area (Å²) < 4.78 is 24.6. The number of rotatable bonds is 7. The second kappa shape index (κ2) is 7.31. The molecule has 1 atom stereocenters. The molecule has 0 radical (unpaired) electrons. The molecule has 0 saturated heterocycles. The third-order valence-electron chi connectivity index (χ3n) is 2.65. The molecule has 6 nitrogen and oxygen atoms in total. The first-order valence-electron chi connectivity index (χ1n) is 6.79. The van der Waals surface area contributed by atoms with E-state index in [-0.39, 0.29) is 11.9 Å². The van der Waals surface area contributed by atoms with Crippen molar-refractivity contribution in [1.29, 1.82) is 0 Å². The van der Waals surface area contributed by atoms with Crippen LogP contribution in [0.25, 0.3) is 0 Å². The summed E-state index contributed by atoms with van der Waals surface area (Å²) in [7, 11) is -3.28. The van der Waals surface area contributed by atoms with Gasteiger partial charge in [0.1, 0.15) is 6.04 Å². The van der Waals surface area contributed by atoms with Crippen molar-refractivity contribution in [3.05, 3.63) is 24.3 Å². The summed E-state index contributed by atoms with van der Waals surface area (Å²) in [6.07, 6.45) is 1.10. The zero-order valence-corrected chi connectivity index (χ0v) is 13.6. The number of hydrogen-bond acceptors (Lipinski definition) is 4. The SMILES string of the molecule is CC(C)CNC(=O)C(C)Nc1ccc(NS(C)(=O)=O)cc1. The Kier molecular flexibility index (Phi) is 6.02. The Morgan fingerprint density at radius 3 is 2.10 bits per heavy atom. The van der Waals surface area contributed by atoms with Gasteiger partial charge in [-0.15, -0.1) is 0 Å². The second-order valence-corrected chi connectivity index (χ2v) is 7.21. The molecule has 118 valence electrons. The smallest absolute Gasteiger partial charge is 0.242 e. The number of sulfonamides is 1. The lowest BCUT2D eigenvalue weighted by Gasteiger charge is -2.16. The predicted molar refractivity (Wildman–Crippen MR) is 85.8 cm³/mol. The maximum atomic E-state index is 11.8. The predicted octanol–water partition coefficient (Wildman–Crippen LogP) is 1.63. The van der Waals surface area contributed by atoms with Crippen molar-refractivity contribution in [2.45, 2.75) is 26.8 Å². The number of benzene rings is 1. The molecule has 0 saturated carbocycles. The summed E-state index contributed by atoms with van der Waals surface area (Å²) in [5.74, 6) is 0.338. The number of carbonyl (C=O) groups is 1. The molecular weight excluding hydrogens is 290 g/mol. The molecule has 0 aromatic heterocycles. The van der Waals surface area contributed by atoms with Gasteiger partial charge in [-0.05, 0) is 37.1 Å². The quantitative estimate of drug-likeness (QED) is 0.714. The molecule has 21 heavy (non-hydrogen) atoms. The van der Waals surface area contributed by atoms with Gasteiger partial charge in [0.25, 0.3) is 0 Å². The van der Waals surface area contributed by atoms with Crippen molar-refractivity contribution in [3.8, 4) is 0 Å². The van der Waals surface area contributed by atoms with Crippen molar-refractivity contribution < 1.29 is 13.2 Å². The zero-order chi connectivity index (χ0) is 16.0. The summed E-state index contributed by atoms with van der Waals surface area (Å²) in [5.41, 5.74) is 1.24. The first-order chi connectivity index (χ1) is 9.67. The van der Waals surface area contributed by atoms with Gasteiger partial charge in [0, 0.05) is 17.9 Å². The largest absolute Gasteiger partial charge is 0.374 e. The molecule has 7 heteroatoms. The normalized spacial score (nSPS) is 12.8. The van der Waals surface area contributed by atoms with Gasteiger partial charge in [-0.2, -0.15) is 0 Å². The van der Waals surface area contributed by atoms with Gasteiger partial charge in [-0.1, -0.05) is 13.8 Å². The Balaban J connectivity index is 2.57. The average Bonchev–Trinajstić information content (AvgIpc) is 2.36. The minimum Gasteiger partial charge on any atom is -0.374 e. The van der Waals surface area contributed by atoms with E-state index in [1.165, 1.54) is 0 Å². The van der Waals surface area contributed by atoms with Gasteiger partial charge in [0.15, 0.2) is 0 Å². The van der Waals surface area contributed by atoms with Gasteiger partial charge in [0.05, 0.1) is 6.26 Å². The molecule has 0 aliphatic rings. The van der Waals surface area contributed by atoms with Crippen LogP contribution >= 0.6 is 0 Å². The summed E-state index contributed by atoms with van der Waals surface area (Å²) in [6, 6.07) is 6.36. The van der Waals surface area contributed by atoms with Crippen LogP contribution in [0, 0.1) is 5.92 Å². The minimum atomic E-state index is -3.28. The third-order valence-corrected chi connectivity index (χ3v) is 3.26. The molecule has 0 bridgehead atoms. The molecule has 1 aromatic rings. The molecule has 1 amide bonds. The molecule has 3 N–H and O–H groups in total.